The number of rotatable bonds is 3. The fourth-order valence-corrected chi connectivity index (χ4v) is 2.80. The summed E-state index contributed by atoms with van der Waals surface area (Å²) in [5, 5.41) is 14.6. The van der Waals surface area contributed by atoms with Crippen LogP contribution in [0, 0.1) is 20.8 Å². The molecule has 1 atom stereocenters. The lowest BCUT2D eigenvalue weighted by atomic mass is 10.2. The summed E-state index contributed by atoms with van der Waals surface area (Å²) >= 11 is 1.59. The zero-order valence-corrected chi connectivity index (χ0v) is 11.5. The second-order valence-electron chi connectivity index (χ2n) is 4.27. The van der Waals surface area contributed by atoms with Crippen molar-refractivity contribution < 1.29 is 9.90 Å². The van der Waals surface area contributed by atoms with Crippen molar-refractivity contribution in [2.24, 2.45) is 0 Å². The van der Waals surface area contributed by atoms with E-state index in [4.69, 9.17) is 0 Å². The highest BCUT2D eigenvalue weighted by Crippen LogP contribution is 2.33. The molecule has 0 saturated heterocycles. The predicted octanol–water partition coefficient (Wildman–Crippen LogP) is 1.17. The molecule has 2 rings (SSSR count). The minimum atomic E-state index is -1.15. The zero-order valence-electron chi connectivity index (χ0n) is 10.7. The van der Waals surface area contributed by atoms with E-state index in [2.05, 4.69) is 15.3 Å². The zero-order chi connectivity index (χ0) is 13.4. The van der Waals surface area contributed by atoms with Crippen LogP contribution in [0.1, 0.15) is 23.2 Å². The topological polar surface area (TPSA) is 77.9 Å². The van der Waals surface area contributed by atoms with Crippen molar-refractivity contribution in [1.82, 2.24) is 9.97 Å². The van der Waals surface area contributed by atoms with E-state index in [0.717, 1.165) is 20.7 Å². The highest BCUT2D eigenvalue weighted by atomic mass is 32.1. The van der Waals surface area contributed by atoms with Gasteiger partial charge in [0.05, 0.1) is 17.4 Å². The number of carbonyl (C=O) groups is 1. The molecule has 18 heavy (non-hydrogen) atoms. The Kier molecular flexibility index (Phi) is 3.21. The molecule has 0 saturated carbocycles. The lowest BCUT2D eigenvalue weighted by molar-refractivity contribution is -0.306. The van der Waals surface area contributed by atoms with Crippen molar-refractivity contribution in [2.75, 3.05) is 5.32 Å². The van der Waals surface area contributed by atoms with E-state index in [9.17, 15) is 9.90 Å². The molecular formula is C12H14N3O2S-. The summed E-state index contributed by atoms with van der Waals surface area (Å²) in [7, 11) is 0. The van der Waals surface area contributed by atoms with E-state index in [1.54, 1.807) is 18.3 Å². The number of hydrogen-bond acceptors (Lipinski definition) is 6. The molecule has 2 aromatic rings. The first-order chi connectivity index (χ1) is 8.40. The third kappa shape index (κ3) is 2.15. The number of hydrogen-bond donors (Lipinski definition) is 1. The van der Waals surface area contributed by atoms with Crippen LogP contribution in [0.5, 0.6) is 0 Å². The summed E-state index contributed by atoms with van der Waals surface area (Å²) in [4.78, 5) is 21.5. The molecule has 0 aliphatic heterocycles. The molecule has 6 heteroatoms. The molecule has 0 unspecified atom stereocenters. The first-order valence-corrected chi connectivity index (χ1v) is 6.43. The Hall–Kier alpha value is -1.69. The lowest BCUT2D eigenvalue weighted by Crippen LogP contribution is -2.38. The van der Waals surface area contributed by atoms with E-state index in [1.807, 2.05) is 13.8 Å². The minimum absolute atomic E-state index is 0.566. The van der Waals surface area contributed by atoms with Gasteiger partial charge < -0.3 is 15.2 Å². The third-order valence-electron chi connectivity index (χ3n) is 2.85. The van der Waals surface area contributed by atoms with Crippen LogP contribution in [0.3, 0.4) is 0 Å². The molecule has 5 nitrogen and oxygen atoms in total. The van der Waals surface area contributed by atoms with Gasteiger partial charge in [0.2, 0.25) is 0 Å². The Morgan fingerprint density at radius 1 is 1.33 bits per heavy atom. The number of carbonyl (C=O) groups excluding carboxylic acids is 1. The molecule has 0 bridgehead atoms. The number of aryl methyl sites for hydroxylation is 3. The summed E-state index contributed by atoms with van der Waals surface area (Å²) in [5.41, 5.74) is 1.09. The van der Waals surface area contributed by atoms with Gasteiger partial charge in [-0.3, -0.25) is 0 Å². The maximum absolute atomic E-state index is 10.8. The predicted molar refractivity (Wildman–Crippen MR) is 69.7 cm³/mol. The van der Waals surface area contributed by atoms with E-state index in [1.165, 1.54) is 6.92 Å². The van der Waals surface area contributed by atoms with E-state index < -0.39 is 12.0 Å². The van der Waals surface area contributed by atoms with Gasteiger partial charge in [-0.15, -0.1) is 11.3 Å². The van der Waals surface area contributed by atoms with E-state index in [0.29, 0.717) is 11.6 Å². The van der Waals surface area contributed by atoms with Crippen molar-refractivity contribution in [3.05, 3.63) is 16.3 Å². The Bertz CT molecular complexity index is 621. The highest BCUT2D eigenvalue weighted by molar-refractivity contribution is 7.18. The van der Waals surface area contributed by atoms with Crippen LogP contribution >= 0.6 is 11.3 Å². The number of nitrogens with one attached hydrogen (secondary N) is 1. The average Bonchev–Trinajstić information content (AvgIpc) is 2.54. The fourth-order valence-electron chi connectivity index (χ4n) is 1.72. The number of aliphatic carboxylic acids is 1. The SMILES string of the molecule is Cc1nc(N[C@@H](C)C(=O)[O-])c2c(C)c(C)sc2n1. The number of aromatic nitrogens is 2. The standard InChI is InChI=1S/C12H15N3O2S/c1-5-7(3)18-11-9(5)10(14-8(4)15-11)13-6(2)12(16)17/h6H,1-4H3,(H,16,17)(H,13,14,15)/p-1/t6-/m0/s1. The normalized spacial score (nSPS) is 12.7. The van der Waals surface area contributed by atoms with Crippen molar-refractivity contribution in [3.8, 4) is 0 Å². The second-order valence-corrected chi connectivity index (χ2v) is 5.47. The maximum Gasteiger partial charge on any atom is 0.139 e. The van der Waals surface area contributed by atoms with Crippen molar-refractivity contribution >= 4 is 33.3 Å². The lowest BCUT2D eigenvalue weighted by Gasteiger charge is -2.16. The van der Waals surface area contributed by atoms with Crippen LogP contribution in [-0.2, 0) is 4.79 Å². The van der Waals surface area contributed by atoms with Crippen molar-refractivity contribution in [2.45, 2.75) is 33.7 Å². The summed E-state index contributed by atoms with van der Waals surface area (Å²) in [5.74, 6) is 0.0388. The maximum atomic E-state index is 10.8. The largest absolute Gasteiger partial charge is 0.548 e. The van der Waals surface area contributed by atoms with Crippen LogP contribution in [0.25, 0.3) is 10.2 Å². The van der Waals surface area contributed by atoms with Gasteiger partial charge >= 0.3 is 0 Å². The number of carboxylic acid groups (broad SMARTS) is 1. The minimum Gasteiger partial charge on any atom is -0.548 e. The molecular weight excluding hydrogens is 250 g/mol. The monoisotopic (exact) mass is 264 g/mol. The number of carboxylic acids is 1. The Balaban J connectivity index is 2.58. The van der Waals surface area contributed by atoms with Gasteiger partial charge in [0.25, 0.3) is 0 Å². The van der Waals surface area contributed by atoms with Gasteiger partial charge in [0.1, 0.15) is 16.5 Å². The molecule has 0 radical (unpaired) electrons. The molecule has 0 aromatic carbocycles. The van der Waals surface area contributed by atoms with Gasteiger partial charge in [0, 0.05) is 4.88 Å². The first kappa shape index (κ1) is 12.8. The van der Waals surface area contributed by atoms with Crippen LogP contribution in [0.15, 0.2) is 0 Å². The van der Waals surface area contributed by atoms with Gasteiger partial charge in [-0.05, 0) is 33.3 Å². The molecule has 2 heterocycles. The van der Waals surface area contributed by atoms with Gasteiger partial charge in [-0.25, -0.2) is 9.97 Å². The quantitative estimate of drug-likeness (QED) is 0.900. The van der Waals surface area contributed by atoms with E-state index in [-0.39, 0.29) is 0 Å². The van der Waals surface area contributed by atoms with Crippen molar-refractivity contribution in [1.29, 1.82) is 0 Å². The second kappa shape index (κ2) is 4.53. The van der Waals surface area contributed by atoms with Gasteiger partial charge in [-0.2, -0.15) is 0 Å². The number of nitrogens with zero attached hydrogens (tertiary/aromatic N) is 2. The molecule has 0 aliphatic carbocycles. The fraction of sp³-hybridized carbons (Fsp3) is 0.417. The van der Waals surface area contributed by atoms with Crippen molar-refractivity contribution in [3.63, 3.8) is 0 Å². The summed E-state index contributed by atoms with van der Waals surface area (Å²) in [6.45, 7) is 7.33. The smallest absolute Gasteiger partial charge is 0.139 e. The van der Waals surface area contributed by atoms with Gasteiger partial charge in [-0.1, -0.05) is 0 Å². The third-order valence-corrected chi connectivity index (χ3v) is 3.95. The van der Waals surface area contributed by atoms with Crippen LogP contribution in [-0.4, -0.2) is 22.0 Å². The Labute approximate surface area is 109 Å². The number of thiophene rings is 1. The average molecular weight is 264 g/mol. The summed E-state index contributed by atoms with van der Waals surface area (Å²) in [6, 6.07) is -0.790. The Morgan fingerprint density at radius 3 is 2.61 bits per heavy atom. The van der Waals surface area contributed by atoms with Crippen LogP contribution in [0.4, 0.5) is 5.82 Å². The molecule has 0 aliphatic rings. The number of fused-ring (bicyclic) bond motifs is 1. The highest BCUT2D eigenvalue weighted by Gasteiger charge is 2.15. The molecule has 0 amide bonds. The summed E-state index contributed by atoms with van der Waals surface area (Å²) in [6.07, 6.45) is 0. The molecule has 1 N–H and O–H groups in total. The molecule has 0 fully saturated rings. The van der Waals surface area contributed by atoms with E-state index >= 15 is 0 Å². The molecule has 96 valence electrons. The molecule has 2 aromatic heterocycles. The van der Waals surface area contributed by atoms with Crippen LogP contribution in [0.2, 0.25) is 0 Å². The van der Waals surface area contributed by atoms with Crippen LogP contribution < -0.4 is 10.4 Å². The number of anilines is 1. The summed E-state index contributed by atoms with van der Waals surface area (Å²) < 4.78 is 0. The Morgan fingerprint density at radius 2 is 2.00 bits per heavy atom. The first-order valence-electron chi connectivity index (χ1n) is 5.62. The molecule has 0 spiro atoms. The van der Waals surface area contributed by atoms with Gasteiger partial charge in [0.15, 0.2) is 0 Å².